The molecular formula is C4H3BrS6. The van der Waals surface area contributed by atoms with Gasteiger partial charge in [-0.1, -0.05) is 35.3 Å². The lowest BCUT2D eigenvalue weighted by Gasteiger charge is -2.50. The van der Waals surface area contributed by atoms with E-state index in [1.807, 2.05) is 0 Å². The second-order valence-electron chi connectivity index (χ2n) is 2.11. The molecule has 0 amide bonds. The van der Waals surface area contributed by atoms with Crippen LogP contribution in [0.5, 0.6) is 0 Å². The molecule has 0 aliphatic carbocycles. The molecule has 4 aliphatic rings. The fourth-order valence-corrected chi connectivity index (χ4v) is 21.9. The Bertz CT molecular complexity index is 160. The molecule has 62 valence electrons. The van der Waals surface area contributed by atoms with Crippen LogP contribution in [0, 0.1) is 0 Å². The van der Waals surface area contributed by atoms with Crippen molar-refractivity contribution in [1.82, 2.24) is 0 Å². The van der Waals surface area contributed by atoms with Gasteiger partial charge >= 0.3 is 0 Å². The molecule has 0 aromatic rings. The second-order valence-corrected chi connectivity index (χ2v) is 15.9. The van der Waals surface area contributed by atoms with Gasteiger partial charge in [0.2, 0.25) is 0 Å². The first-order chi connectivity index (χ1) is 5.23. The van der Waals surface area contributed by atoms with Crippen LogP contribution in [-0.4, -0.2) is 14.1 Å². The molecule has 0 nitrogen and oxygen atoms in total. The van der Waals surface area contributed by atoms with Crippen molar-refractivity contribution in [3.8, 4) is 0 Å². The maximum Gasteiger partial charge on any atom is 0.168 e. The standard InChI is InChI=1S/C4H3BrS6/c5-4-9-1-6-2(10-4)8-3(7-1)11-4/h1-3H. The van der Waals surface area contributed by atoms with Crippen LogP contribution in [-0.2, 0) is 0 Å². The molecule has 11 heavy (non-hydrogen) atoms. The zero-order chi connectivity index (χ0) is 7.47. The van der Waals surface area contributed by atoms with Crippen LogP contribution < -0.4 is 0 Å². The van der Waals surface area contributed by atoms with Gasteiger partial charge in [-0.3, -0.25) is 0 Å². The van der Waals surface area contributed by atoms with Gasteiger partial charge in [0, 0.05) is 0 Å². The van der Waals surface area contributed by atoms with Crippen molar-refractivity contribution >= 4 is 86.5 Å². The molecule has 0 N–H and O–H groups in total. The normalized spacial score (nSPS) is 60.3. The minimum Gasteiger partial charge on any atom is -0.111 e. The molecule has 4 bridgehead atoms. The van der Waals surface area contributed by atoms with Crippen molar-refractivity contribution in [2.24, 2.45) is 0 Å². The highest BCUT2D eigenvalue weighted by molar-refractivity contribution is 9.17. The summed E-state index contributed by atoms with van der Waals surface area (Å²) in [6.45, 7) is 0. The van der Waals surface area contributed by atoms with Crippen molar-refractivity contribution < 1.29 is 0 Å². The molecule has 4 saturated heterocycles. The molecule has 4 aliphatic heterocycles. The van der Waals surface area contributed by atoms with Crippen LogP contribution in [0.25, 0.3) is 0 Å². The Balaban J connectivity index is 1.94. The Morgan fingerprint density at radius 3 is 1.45 bits per heavy atom. The number of rotatable bonds is 0. The Labute approximate surface area is 99.4 Å². The lowest BCUT2D eigenvalue weighted by atomic mass is 11.7. The number of hydrogen-bond acceptors (Lipinski definition) is 6. The molecule has 4 rings (SSSR count). The summed E-state index contributed by atoms with van der Waals surface area (Å²) in [6, 6.07) is 0. The number of alkyl halides is 1. The molecule has 0 unspecified atom stereocenters. The molecule has 0 atom stereocenters. The van der Waals surface area contributed by atoms with Crippen molar-refractivity contribution in [1.29, 1.82) is 0 Å². The summed E-state index contributed by atoms with van der Waals surface area (Å²) < 4.78 is 2.66. The highest BCUT2D eigenvalue weighted by atomic mass is 79.9. The lowest BCUT2D eigenvalue weighted by Crippen LogP contribution is -2.32. The maximum atomic E-state index is 3.81. The van der Waals surface area contributed by atoms with E-state index >= 15 is 0 Å². The summed E-state index contributed by atoms with van der Waals surface area (Å²) in [7, 11) is 0. The van der Waals surface area contributed by atoms with Gasteiger partial charge in [-0.25, -0.2) is 0 Å². The predicted octanol–water partition coefficient (Wildman–Crippen LogP) is 4.28. The van der Waals surface area contributed by atoms with E-state index in [2.05, 4.69) is 86.5 Å². The first-order valence-electron chi connectivity index (χ1n) is 2.92. The van der Waals surface area contributed by atoms with Crippen LogP contribution in [0.1, 0.15) is 0 Å². The van der Waals surface area contributed by atoms with Crippen molar-refractivity contribution in [2.45, 2.75) is 14.1 Å². The van der Waals surface area contributed by atoms with E-state index in [-0.39, 0.29) is 0 Å². The van der Waals surface area contributed by atoms with Crippen LogP contribution in [0.15, 0.2) is 0 Å². The van der Waals surface area contributed by atoms with E-state index in [1.54, 1.807) is 0 Å². The van der Waals surface area contributed by atoms with Crippen molar-refractivity contribution in [3.63, 3.8) is 0 Å². The van der Waals surface area contributed by atoms with Gasteiger partial charge in [-0.05, 0) is 15.9 Å². The predicted molar refractivity (Wildman–Crippen MR) is 68.6 cm³/mol. The van der Waals surface area contributed by atoms with Gasteiger partial charge in [-0.15, -0.1) is 35.3 Å². The topological polar surface area (TPSA) is 0 Å². The van der Waals surface area contributed by atoms with Crippen LogP contribution in [0.3, 0.4) is 0 Å². The minimum atomic E-state index is 0.300. The molecule has 7 heteroatoms. The highest BCUT2D eigenvalue weighted by Gasteiger charge is 2.53. The summed E-state index contributed by atoms with van der Waals surface area (Å²) in [4.78, 5) is 0. The van der Waals surface area contributed by atoms with Crippen molar-refractivity contribution in [2.75, 3.05) is 0 Å². The SMILES string of the molecule is BrC12SC3SC(SC(S3)S1)S2. The maximum absolute atomic E-state index is 3.81. The van der Waals surface area contributed by atoms with Crippen LogP contribution in [0.2, 0.25) is 0 Å². The van der Waals surface area contributed by atoms with E-state index in [9.17, 15) is 0 Å². The third kappa shape index (κ3) is 1.61. The fourth-order valence-electron chi connectivity index (χ4n) is 0.963. The van der Waals surface area contributed by atoms with Gasteiger partial charge in [-0.2, -0.15) is 0 Å². The largest absolute Gasteiger partial charge is 0.168 e. The second kappa shape index (κ2) is 3.03. The summed E-state index contributed by atoms with van der Waals surface area (Å²) >= 11 is 16.3. The fraction of sp³-hybridized carbons (Fsp3) is 1.00. The Kier molecular flexibility index (Phi) is 2.44. The van der Waals surface area contributed by atoms with Gasteiger partial charge < -0.3 is 0 Å². The molecule has 4 heterocycles. The number of thioether (sulfide) groups is 6. The van der Waals surface area contributed by atoms with E-state index < -0.39 is 0 Å². The molecule has 0 aromatic carbocycles. The molecule has 0 saturated carbocycles. The molecule has 0 aromatic heterocycles. The zero-order valence-corrected chi connectivity index (χ0v) is 11.5. The average molecular weight is 323 g/mol. The molecular weight excluding hydrogens is 320 g/mol. The zero-order valence-electron chi connectivity index (χ0n) is 5.06. The highest BCUT2D eigenvalue weighted by Crippen LogP contribution is 2.78. The molecule has 0 spiro atoms. The lowest BCUT2D eigenvalue weighted by molar-refractivity contribution is 1.68. The van der Waals surface area contributed by atoms with Gasteiger partial charge in [0.25, 0.3) is 0 Å². The quantitative estimate of drug-likeness (QED) is 0.606. The monoisotopic (exact) mass is 322 g/mol. The first-order valence-corrected chi connectivity index (χ1v) is 9.18. The van der Waals surface area contributed by atoms with E-state index in [1.165, 1.54) is 0 Å². The Morgan fingerprint density at radius 1 is 0.818 bits per heavy atom. The van der Waals surface area contributed by atoms with Crippen molar-refractivity contribution in [3.05, 3.63) is 0 Å². The van der Waals surface area contributed by atoms with E-state index in [0.717, 1.165) is 11.7 Å². The summed E-state index contributed by atoms with van der Waals surface area (Å²) in [5, 5.41) is 0. The van der Waals surface area contributed by atoms with Crippen LogP contribution in [0.4, 0.5) is 0 Å². The smallest absolute Gasteiger partial charge is 0.111 e. The Morgan fingerprint density at radius 2 is 1.18 bits per heavy atom. The van der Waals surface area contributed by atoms with Crippen LogP contribution >= 0.6 is 86.5 Å². The Hall–Kier alpha value is 2.58. The third-order valence-corrected chi connectivity index (χ3v) is 13.3. The van der Waals surface area contributed by atoms with Gasteiger partial charge in [0.1, 0.15) is 11.7 Å². The third-order valence-electron chi connectivity index (χ3n) is 1.38. The number of halogens is 1. The average Bonchev–Trinajstić information content (AvgIpc) is 1.79. The molecule has 0 radical (unpaired) electrons. The van der Waals surface area contributed by atoms with Gasteiger partial charge in [0.15, 0.2) is 2.32 Å². The van der Waals surface area contributed by atoms with E-state index in [4.69, 9.17) is 0 Å². The minimum absolute atomic E-state index is 0.300. The van der Waals surface area contributed by atoms with E-state index in [0.29, 0.717) is 2.32 Å². The summed E-state index contributed by atoms with van der Waals surface area (Å²) in [5.74, 6) is 0. The van der Waals surface area contributed by atoms with Gasteiger partial charge in [0.05, 0.1) is 0 Å². The first kappa shape index (κ1) is 8.85. The molecule has 4 fully saturated rings. The summed E-state index contributed by atoms with van der Waals surface area (Å²) in [5.41, 5.74) is 0. The number of hydrogen-bond donors (Lipinski definition) is 0. The summed E-state index contributed by atoms with van der Waals surface area (Å²) in [6.07, 6.45) is 0.